The van der Waals surface area contributed by atoms with Crippen LogP contribution in [0.25, 0.3) is 10.6 Å². The second-order valence-electron chi connectivity index (χ2n) is 6.10. The summed E-state index contributed by atoms with van der Waals surface area (Å²) in [6.45, 7) is 7.34. The van der Waals surface area contributed by atoms with E-state index in [4.69, 9.17) is 4.74 Å². The summed E-state index contributed by atoms with van der Waals surface area (Å²) in [7, 11) is 0. The van der Waals surface area contributed by atoms with Crippen LogP contribution in [0.1, 0.15) is 35.6 Å². The van der Waals surface area contributed by atoms with Gasteiger partial charge in [0.2, 0.25) is 5.91 Å². The Hall–Kier alpha value is -2.41. The number of carbonyl (C=O) groups is 2. The van der Waals surface area contributed by atoms with Crippen molar-refractivity contribution in [1.82, 2.24) is 15.2 Å². The van der Waals surface area contributed by atoms with Crippen molar-refractivity contribution >= 4 is 23.2 Å². The summed E-state index contributed by atoms with van der Waals surface area (Å²) in [5.41, 5.74) is 1.65. The van der Waals surface area contributed by atoms with Crippen molar-refractivity contribution in [3.05, 3.63) is 34.8 Å². The molecule has 0 radical (unpaired) electrons. The molecule has 7 heteroatoms. The number of benzene rings is 1. The highest BCUT2D eigenvalue weighted by molar-refractivity contribution is 7.17. The summed E-state index contributed by atoms with van der Waals surface area (Å²) in [6.07, 6.45) is 0.598. The molecular formula is C19H23N3O3S. The summed E-state index contributed by atoms with van der Waals surface area (Å²) < 4.78 is 5.46. The summed E-state index contributed by atoms with van der Waals surface area (Å²) in [5.74, 6) is 0.617. The molecule has 1 aliphatic heterocycles. The van der Waals surface area contributed by atoms with Crippen molar-refractivity contribution in [3.63, 3.8) is 0 Å². The SMILES string of the molecule is CCOc1ccc(-c2nc(C)c(C(=O)N3CCNC(=O)C3CC)s2)cc1. The molecule has 138 valence electrons. The number of aryl methyl sites for hydroxylation is 1. The lowest BCUT2D eigenvalue weighted by Crippen LogP contribution is -2.56. The Bertz CT molecular complexity index is 801. The number of rotatable bonds is 5. The van der Waals surface area contributed by atoms with Crippen molar-refractivity contribution < 1.29 is 14.3 Å². The molecule has 1 aromatic heterocycles. The molecule has 0 spiro atoms. The third-order valence-corrected chi connectivity index (χ3v) is 5.58. The quantitative estimate of drug-likeness (QED) is 0.875. The van der Waals surface area contributed by atoms with Gasteiger partial charge >= 0.3 is 0 Å². The summed E-state index contributed by atoms with van der Waals surface area (Å²) >= 11 is 1.37. The monoisotopic (exact) mass is 373 g/mol. The van der Waals surface area contributed by atoms with Crippen LogP contribution in [0.2, 0.25) is 0 Å². The number of aromatic nitrogens is 1. The molecule has 1 N–H and O–H groups in total. The molecule has 1 aliphatic rings. The van der Waals surface area contributed by atoms with E-state index in [2.05, 4.69) is 10.3 Å². The van der Waals surface area contributed by atoms with Crippen molar-refractivity contribution in [2.24, 2.45) is 0 Å². The molecule has 1 aromatic carbocycles. The minimum Gasteiger partial charge on any atom is -0.494 e. The standard InChI is InChI=1S/C19H23N3O3S/c1-4-15-17(23)20-10-11-22(15)19(24)16-12(3)21-18(26-16)13-6-8-14(9-7-13)25-5-2/h6-9,15H,4-5,10-11H2,1-3H3,(H,20,23). The van der Waals surface area contributed by atoms with Crippen LogP contribution >= 0.6 is 11.3 Å². The molecule has 1 atom stereocenters. The van der Waals surface area contributed by atoms with Gasteiger partial charge in [-0.2, -0.15) is 0 Å². The fourth-order valence-corrected chi connectivity index (χ4v) is 4.10. The predicted octanol–water partition coefficient (Wildman–Crippen LogP) is 2.87. The van der Waals surface area contributed by atoms with E-state index in [0.29, 0.717) is 36.7 Å². The van der Waals surface area contributed by atoms with E-state index in [1.54, 1.807) is 4.90 Å². The Morgan fingerprint density at radius 3 is 2.73 bits per heavy atom. The normalized spacial score (nSPS) is 17.1. The highest BCUT2D eigenvalue weighted by Crippen LogP contribution is 2.30. The number of piperazine rings is 1. The number of nitrogens with zero attached hydrogens (tertiary/aromatic N) is 2. The van der Waals surface area contributed by atoms with Gasteiger partial charge in [0.1, 0.15) is 21.7 Å². The first-order chi connectivity index (χ1) is 12.5. The van der Waals surface area contributed by atoms with Crippen LogP contribution < -0.4 is 10.1 Å². The smallest absolute Gasteiger partial charge is 0.266 e. The molecule has 1 saturated heterocycles. The molecule has 2 amide bonds. The van der Waals surface area contributed by atoms with Gasteiger partial charge < -0.3 is 15.0 Å². The van der Waals surface area contributed by atoms with Crippen LogP contribution in [0, 0.1) is 6.92 Å². The average molecular weight is 373 g/mol. The molecule has 0 bridgehead atoms. The molecule has 2 aromatic rings. The molecule has 3 rings (SSSR count). The van der Waals surface area contributed by atoms with Gasteiger partial charge in [0.25, 0.3) is 5.91 Å². The second-order valence-corrected chi connectivity index (χ2v) is 7.10. The van der Waals surface area contributed by atoms with E-state index in [1.807, 2.05) is 45.0 Å². The maximum atomic E-state index is 13.0. The molecule has 0 saturated carbocycles. The van der Waals surface area contributed by atoms with Crippen molar-refractivity contribution in [3.8, 4) is 16.3 Å². The number of hydrogen-bond donors (Lipinski definition) is 1. The third kappa shape index (κ3) is 3.58. The van der Waals surface area contributed by atoms with Gasteiger partial charge in [0, 0.05) is 18.7 Å². The number of hydrogen-bond acceptors (Lipinski definition) is 5. The number of nitrogens with one attached hydrogen (secondary N) is 1. The lowest BCUT2D eigenvalue weighted by molar-refractivity contribution is -0.127. The fourth-order valence-electron chi connectivity index (χ4n) is 3.07. The van der Waals surface area contributed by atoms with Crippen LogP contribution in [0.5, 0.6) is 5.75 Å². The molecule has 2 heterocycles. The highest BCUT2D eigenvalue weighted by Gasteiger charge is 2.33. The molecule has 1 unspecified atom stereocenters. The largest absolute Gasteiger partial charge is 0.494 e. The Morgan fingerprint density at radius 2 is 2.08 bits per heavy atom. The van der Waals surface area contributed by atoms with E-state index in [9.17, 15) is 9.59 Å². The minimum absolute atomic E-state index is 0.0824. The maximum absolute atomic E-state index is 13.0. The number of thiazole rings is 1. The Morgan fingerprint density at radius 1 is 1.35 bits per heavy atom. The Kier molecular flexibility index (Phi) is 5.56. The number of carbonyl (C=O) groups excluding carboxylic acids is 2. The Balaban J connectivity index is 1.85. The molecule has 1 fully saturated rings. The number of ether oxygens (including phenoxy) is 1. The van der Waals surface area contributed by atoms with Gasteiger partial charge in [0.05, 0.1) is 12.3 Å². The van der Waals surface area contributed by atoms with Crippen molar-refractivity contribution in [2.45, 2.75) is 33.2 Å². The minimum atomic E-state index is -0.410. The summed E-state index contributed by atoms with van der Waals surface area (Å²) in [5, 5.41) is 3.62. The Labute approximate surface area is 157 Å². The second kappa shape index (κ2) is 7.86. The molecule has 6 nitrogen and oxygen atoms in total. The molecular weight excluding hydrogens is 350 g/mol. The van der Waals surface area contributed by atoms with Gasteiger partial charge in [-0.25, -0.2) is 4.98 Å². The van der Waals surface area contributed by atoms with E-state index in [0.717, 1.165) is 16.3 Å². The van der Waals surface area contributed by atoms with Crippen LogP contribution in [0.3, 0.4) is 0 Å². The van der Waals surface area contributed by atoms with Gasteiger partial charge in [-0.15, -0.1) is 11.3 Å². The van der Waals surface area contributed by atoms with Gasteiger partial charge in [0.15, 0.2) is 0 Å². The zero-order valence-electron chi connectivity index (χ0n) is 15.2. The topological polar surface area (TPSA) is 71.5 Å². The highest BCUT2D eigenvalue weighted by atomic mass is 32.1. The van der Waals surface area contributed by atoms with E-state index in [1.165, 1.54) is 11.3 Å². The zero-order valence-corrected chi connectivity index (χ0v) is 16.1. The van der Waals surface area contributed by atoms with Gasteiger partial charge in [-0.3, -0.25) is 9.59 Å². The molecule has 26 heavy (non-hydrogen) atoms. The third-order valence-electron chi connectivity index (χ3n) is 4.38. The predicted molar refractivity (Wildman–Crippen MR) is 102 cm³/mol. The first kappa shape index (κ1) is 18.4. The van der Waals surface area contributed by atoms with Crippen LogP contribution in [0.15, 0.2) is 24.3 Å². The van der Waals surface area contributed by atoms with Crippen LogP contribution in [-0.2, 0) is 4.79 Å². The lowest BCUT2D eigenvalue weighted by Gasteiger charge is -2.34. The average Bonchev–Trinajstić information content (AvgIpc) is 3.03. The van der Waals surface area contributed by atoms with E-state index >= 15 is 0 Å². The first-order valence-corrected chi connectivity index (χ1v) is 9.66. The van der Waals surface area contributed by atoms with Crippen LogP contribution in [0.4, 0.5) is 0 Å². The van der Waals surface area contributed by atoms with Crippen molar-refractivity contribution in [1.29, 1.82) is 0 Å². The fraction of sp³-hybridized carbons (Fsp3) is 0.421. The van der Waals surface area contributed by atoms with Gasteiger partial charge in [-0.1, -0.05) is 6.92 Å². The summed E-state index contributed by atoms with van der Waals surface area (Å²) in [4.78, 5) is 31.9. The molecule has 0 aliphatic carbocycles. The zero-order chi connectivity index (χ0) is 18.7. The lowest BCUT2D eigenvalue weighted by atomic mass is 10.1. The number of amides is 2. The summed E-state index contributed by atoms with van der Waals surface area (Å²) in [6, 6.07) is 7.28. The first-order valence-electron chi connectivity index (χ1n) is 8.84. The van der Waals surface area contributed by atoms with E-state index in [-0.39, 0.29) is 11.8 Å². The maximum Gasteiger partial charge on any atom is 0.266 e. The van der Waals surface area contributed by atoms with Crippen LogP contribution in [-0.4, -0.2) is 47.4 Å². The van der Waals surface area contributed by atoms with E-state index < -0.39 is 6.04 Å². The van der Waals surface area contributed by atoms with Crippen molar-refractivity contribution in [2.75, 3.05) is 19.7 Å². The van der Waals surface area contributed by atoms with Gasteiger partial charge in [-0.05, 0) is 44.5 Å².